The van der Waals surface area contributed by atoms with Gasteiger partial charge >= 0.3 is 0 Å². The second-order valence-corrected chi connectivity index (χ2v) is 4.50. The molecule has 0 saturated carbocycles. The maximum Gasteiger partial charge on any atom is 0.298 e. The maximum atomic E-state index is 11.5. The van der Waals surface area contributed by atoms with Crippen molar-refractivity contribution < 1.29 is 12.6 Å². The number of aromatic nitrogens is 1. The summed E-state index contributed by atoms with van der Waals surface area (Å²) in [6.07, 6.45) is 1.69. The molecular weight excluding hydrogens is 202 g/mol. The van der Waals surface area contributed by atoms with Gasteiger partial charge in [-0.2, -0.15) is 8.42 Å². The van der Waals surface area contributed by atoms with Crippen LogP contribution < -0.4 is 0 Å². The molecule has 1 N–H and O–H groups in total. The normalized spacial score (nSPS) is 12.1. The van der Waals surface area contributed by atoms with Crippen LogP contribution in [0.25, 0.3) is 10.9 Å². The number of aromatic amines is 1. The number of hydrogen-bond donors (Lipinski definition) is 1. The largest absolute Gasteiger partial charge is 0.360 e. The Morgan fingerprint density at radius 1 is 1.29 bits per heavy atom. The van der Waals surface area contributed by atoms with Gasteiger partial charge in [0, 0.05) is 11.6 Å². The molecule has 0 atom stereocenters. The topological polar surface area (TPSA) is 59.2 Å². The molecule has 0 aliphatic carbocycles. The number of fused-ring (bicyclic) bond motifs is 1. The number of benzene rings is 1. The van der Waals surface area contributed by atoms with Crippen molar-refractivity contribution in [3.63, 3.8) is 0 Å². The molecule has 2 aromatic rings. The third-order valence-electron chi connectivity index (χ3n) is 2.04. The summed E-state index contributed by atoms with van der Waals surface area (Å²) in [7, 11) is -2.48. The highest BCUT2D eigenvalue weighted by Gasteiger charge is 2.16. The van der Waals surface area contributed by atoms with Gasteiger partial charge < -0.3 is 4.98 Å². The molecule has 1 aromatic carbocycles. The van der Waals surface area contributed by atoms with Gasteiger partial charge in [0.1, 0.15) is 4.90 Å². The molecule has 0 fully saturated rings. The molecule has 0 radical (unpaired) electrons. The summed E-state index contributed by atoms with van der Waals surface area (Å²) in [4.78, 5) is 3.04. The molecule has 2 rings (SSSR count). The van der Waals surface area contributed by atoms with Crippen molar-refractivity contribution in [1.82, 2.24) is 4.98 Å². The lowest BCUT2D eigenvalue weighted by Crippen LogP contribution is -2.03. The van der Waals surface area contributed by atoms with E-state index >= 15 is 0 Å². The third-order valence-corrected chi connectivity index (χ3v) is 3.36. The van der Waals surface area contributed by atoms with Gasteiger partial charge in [-0.05, 0) is 12.1 Å². The molecule has 0 unspecified atom stereocenters. The fourth-order valence-electron chi connectivity index (χ4n) is 1.35. The van der Waals surface area contributed by atoms with E-state index in [-0.39, 0.29) is 4.90 Å². The number of para-hydroxylation sites is 1. The van der Waals surface area contributed by atoms with Crippen LogP contribution >= 0.6 is 0 Å². The minimum atomic E-state index is -3.63. The van der Waals surface area contributed by atoms with E-state index in [4.69, 9.17) is 0 Å². The first-order chi connectivity index (χ1) is 6.65. The molecule has 74 valence electrons. The van der Waals surface area contributed by atoms with Crippen LogP contribution in [0.5, 0.6) is 0 Å². The van der Waals surface area contributed by atoms with E-state index in [9.17, 15) is 8.42 Å². The molecule has 0 spiro atoms. The predicted molar refractivity (Wildman–Crippen MR) is 52.5 cm³/mol. The molecule has 0 amide bonds. The van der Waals surface area contributed by atoms with Crippen molar-refractivity contribution in [3.05, 3.63) is 30.5 Å². The zero-order valence-corrected chi connectivity index (χ0v) is 8.34. The average molecular weight is 211 g/mol. The minimum absolute atomic E-state index is 0.169. The van der Waals surface area contributed by atoms with E-state index in [0.717, 1.165) is 12.5 Å². The molecular formula is C9H9NO3S. The summed E-state index contributed by atoms with van der Waals surface area (Å²) >= 11 is 0. The Bertz CT molecular complexity index is 556. The van der Waals surface area contributed by atoms with Crippen LogP contribution in [0.2, 0.25) is 0 Å². The van der Waals surface area contributed by atoms with Gasteiger partial charge in [0.2, 0.25) is 0 Å². The second kappa shape index (κ2) is 3.11. The zero-order valence-electron chi connectivity index (χ0n) is 7.52. The van der Waals surface area contributed by atoms with Crippen LogP contribution in [0.1, 0.15) is 0 Å². The molecule has 1 aromatic heterocycles. The Hall–Kier alpha value is -1.33. The standard InChI is InChI=1S/C9H9NO3S/c1-13-14(11,12)8-4-2-3-7-5-6-10-9(7)8/h2-6,10H,1H3. The molecule has 0 aliphatic heterocycles. The highest BCUT2D eigenvalue weighted by Crippen LogP contribution is 2.22. The van der Waals surface area contributed by atoms with Crippen molar-refractivity contribution in [1.29, 1.82) is 0 Å². The van der Waals surface area contributed by atoms with Gasteiger partial charge in [0.25, 0.3) is 10.1 Å². The van der Waals surface area contributed by atoms with Crippen molar-refractivity contribution in [2.24, 2.45) is 0 Å². The fraction of sp³-hybridized carbons (Fsp3) is 0.111. The van der Waals surface area contributed by atoms with E-state index in [1.807, 2.05) is 12.1 Å². The highest BCUT2D eigenvalue weighted by atomic mass is 32.2. The highest BCUT2D eigenvalue weighted by molar-refractivity contribution is 7.87. The van der Waals surface area contributed by atoms with Crippen LogP contribution in [0.3, 0.4) is 0 Å². The van der Waals surface area contributed by atoms with Crippen LogP contribution in [-0.4, -0.2) is 20.5 Å². The molecule has 1 heterocycles. The summed E-state index contributed by atoms with van der Waals surface area (Å²) in [5, 5.41) is 0.850. The Morgan fingerprint density at radius 2 is 2.07 bits per heavy atom. The first kappa shape index (κ1) is 9.23. The Balaban J connectivity index is 2.81. The average Bonchev–Trinajstić information content (AvgIpc) is 2.64. The quantitative estimate of drug-likeness (QED) is 0.766. The van der Waals surface area contributed by atoms with Gasteiger partial charge in [-0.25, -0.2) is 0 Å². The molecule has 0 saturated heterocycles. The van der Waals surface area contributed by atoms with E-state index in [1.54, 1.807) is 12.3 Å². The van der Waals surface area contributed by atoms with Crippen LogP contribution in [0, 0.1) is 0 Å². The first-order valence-corrected chi connectivity index (χ1v) is 5.43. The van der Waals surface area contributed by atoms with E-state index in [0.29, 0.717) is 5.52 Å². The smallest absolute Gasteiger partial charge is 0.298 e. The lowest BCUT2D eigenvalue weighted by molar-refractivity contribution is 0.398. The van der Waals surface area contributed by atoms with Crippen LogP contribution in [0.15, 0.2) is 35.4 Å². The number of hydrogen-bond acceptors (Lipinski definition) is 3. The van der Waals surface area contributed by atoms with Crippen molar-refractivity contribution in [2.75, 3.05) is 7.11 Å². The minimum Gasteiger partial charge on any atom is -0.360 e. The van der Waals surface area contributed by atoms with Gasteiger partial charge in [-0.1, -0.05) is 12.1 Å². The Morgan fingerprint density at radius 3 is 2.79 bits per heavy atom. The number of rotatable bonds is 2. The zero-order chi connectivity index (χ0) is 10.2. The maximum absolute atomic E-state index is 11.5. The lowest BCUT2D eigenvalue weighted by Gasteiger charge is -2.02. The third kappa shape index (κ3) is 1.30. The molecule has 14 heavy (non-hydrogen) atoms. The lowest BCUT2D eigenvalue weighted by atomic mass is 10.2. The molecule has 0 aliphatic rings. The molecule has 5 heteroatoms. The van der Waals surface area contributed by atoms with E-state index in [2.05, 4.69) is 9.17 Å². The van der Waals surface area contributed by atoms with Gasteiger partial charge in [-0.3, -0.25) is 4.18 Å². The number of nitrogens with one attached hydrogen (secondary N) is 1. The first-order valence-electron chi connectivity index (χ1n) is 4.02. The summed E-state index contributed by atoms with van der Waals surface area (Å²) in [5.41, 5.74) is 0.578. The summed E-state index contributed by atoms with van der Waals surface area (Å²) in [5.74, 6) is 0. The second-order valence-electron chi connectivity index (χ2n) is 2.82. The van der Waals surface area contributed by atoms with Crippen molar-refractivity contribution in [2.45, 2.75) is 4.90 Å². The van der Waals surface area contributed by atoms with Crippen LogP contribution in [0.4, 0.5) is 0 Å². The van der Waals surface area contributed by atoms with E-state index in [1.165, 1.54) is 6.07 Å². The van der Waals surface area contributed by atoms with Gasteiger partial charge in [-0.15, -0.1) is 0 Å². The fourth-order valence-corrected chi connectivity index (χ4v) is 2.21. The van der Waals surface area contributed by atoms with Crippen molar-refractivity contribution in [3.8, 4) is 0 Å². The predicted octanol–water partition coefficient (Wildman–Crippen LogP) is 1.50. The number of H-pyrrole nitrogens is 1. The van der Waals surface area contributed by atoms with E-state index < -0.39 is 10.1 Å². The Kier molecular flexibility index (Phi) is 2.05. The van der Waals surface area contributed by atoms with Gasteiger partial charge in [0.15, 0.2) is 0 Å². The Labute approximate surface area is 81.6 Å². The molecule has 0 bridgehead atoms. The monoisotopic (exact) mass is 211 g/mol. The summed E-state index contributed by atoms with van der Waals surface area (Å²) in [6, 6.07) is 6.84. The SMILES string of the molecule is COS(=O)(=O)c1cccc2cc[nH]c12. The summed E-state index contributed by atoms with van der Waals surface area (Å²) in [6.45, 7) is 0. The summed E-state index contributed by atoms with van der Waals surface area (Å²) < 4.78 is 27.4. The van der Waals surface area contributed by atoms with Crippen LogP contribution in [-0.2, 0) is 14.3 Å². The van der Waals surface area contributed by atoms with Gasteiger partial charge in [0.05, 0.1) is 12.6 Å². The molecule has 4 nitrogen and oxygen atoms in total. The van der Waals surface area contributed by atoms with Crippen molar-refractivity contribution >= 4 is 21.0 Å².